The van der Waals surface area contributed by atoms with Crippen LogP contribution in [-0.2, 0) is 15.8 Å². The van der Waals surface area contributed by atoms with Crippen LogP contribution in [0.1, 0.15) is 50.5 Å². The van der Waals surface area contributed by atoms with Gasteiger partial charge in [-0.15, -0.1) is 0 Å². The van der Waals surface area contributed by atoms with Crippen LogP contribution in [0.15, 0.2) is 18.2 Å². The third-order valence-corrected chi connectivity index (χ3v) is 7.24. The Bertz CT molecular complexity index is 831. The highest BCUT2D eigenvalue weighted by molar-refractivity contribution is 5.95. The smallest absolute Gasteiger partial charge is 0.376 e. The van der Waals surface area contributed by atoms with Gasteiger partial charge in [-0.25, -0.2) is 0 Å². The Hall–Kier alpha value is -2.25. The Balaban J connectivity index is 1.34. The zero-order chi connectivity index (χ0) is 22.4. The van der Waals surface area contributed by atoms with Crippen molar-refractivity contribution >= 4 is 23.2 Å². The molecule has 0 unspecified atom stereocenters. The van der Waals surface area contributed by atoms with E-state index >= 15 is 0 Å². The van der Waals surface area contributed by atoms with E-state index in [1.165, 1.54) is 25.3 Å². The first-order valence-electron chi connectivity index (χ1n) is 11.0. The molecule has 4 fully saturated rings. The number of carbonyl (C=O) groups excluding carboxylic acids is 2. The average Bonchev–Trinajstić information content (AvgIpc) is 2.65. The second-order valence-corrected chi connectivity index (χ2v) is 9.88. The van der Waals surface area contributed by atoms with Gasteiger partial charge in [0.2, 0.25) is 11.8 Å². The predicted octanol–water partition coefficient (Wildman–Crippen LogP) is 4.43. The maximum Gasteiger partial charge on any atom is 0.416 e. The Morgan fingerprint density at radius 3 is 2.16 bits per heavy atom. The van der Waals surface area contributed by atoms with E-state index in [0.717, 1.165) is 31.4 Å². The van der Waals surface area contributed by atoms with Crippen molar-refractivity contribution in [2.75, 3.05) is 30.9 Å². The van der Waals surface area contributed by atoms with Crippen LogP contribution < -0.4 is 15.5 Å². The van der Waals surface area contributed by atoms with E-state index in [0.29, 0.717) is 23.4 Å². The van der Waals surface area contributed by atoms with Gasteiger partial charge in [0, 0.05) is 32.5 Å². The van der Waals surface area contributed by atoms with Crippen LogP contribution in [0.4, 0.5) is 24.5 Å². The molecular formula is C23H30F3N3O2. The molecule has 0 atom stereocenters. The van der Waals surface area contributed by atoms with Crippen molar-refractivity contribution in [3.8, 4) is 0 Å². The first kappa shape index (κ1) is 22.0. The van der Waals surface area contributed by atoms with Gasteiger partial charge >= 0.3 is 6.18 Å². The van der Waals surface area contributed by atoms with Crippen molar-refractivity contribution in [2.24, 2.45) is 23.2 Å². The van der Waals surface area contributed by atoms with Gasteiger partial charge in [0.25, 0.3) is 0 Å². The standard InChI is InChI=1S/C23H30F3N3O2/c1-29(2)19-4-3-17(23(24,25)26)10-18(19)28-20(30)5-6-27-21(31)22-11-14-7-15(12-22)9-16(8-14)13-22/h3-4,10,14-16H,5-9,11-13H2,1-2H3,(H,27,31)(H,28,30). The summed E-state index contributed by atoms with van der Waals surface area (Å²) in [4.78, 5) is 27.0. The van der Waals surface area contributed by atoms with E-state index in [4.69, 9.17) is 0 Å². The molecule has 0 saturated heterocycles. The summed E-state index contributed by atoms with van der Waals surface area (Å²) in [5.41, 5.74) is -0.496. The van der Waals surface area contributed by atoms with Crippen LogP contribution in [0.2, 0.25) is 0 Å². The number of rotatable bonds is 6. The van der Waals surface area contributed by atoms with Crippen LogP contribution in [0.5, 0.6) is 0 Å². The van der Waals surface area contributed by atoms with Crippen molar-refractivity contribution in [3.63, 3.8) is 0 Å². The lowest BCUT2D eigenvalue weighted by Gasteiger charge is -2.55. The van der Waals surface area contributed by atoms with Gasteiger partial charge in [0.15, 0.2) is 0 Å². The summed E-state index contributed by atoms with van der Waals surface area (Å²) in [6.07, 6.45) is 2.13. The maximum atomic E-state index is 13.1. The number of anilines is 2. The lowest BCUT2D eigenvalue weighted by molar-refractivity contribution is -0.146. The molecule has 4 saturated carbocycles. The van der Waals surface area contributed by atoms with Gasteiger partial charge in [-0.2, -0.15) is 13.2 Å². The Labute approximate surface area is 180 Å². The van der Waals surface area contributed by atoms with E-state index < -0.39 is 17.6 Å². The van der Waals surface area contributed by atoms with Crippen LogP contribution >= 0.6 is 0 Å². The number of hydrogen-bond acceptors (Lipinski definition) is 3. The Morgan fingerprint density at radius 1 is 1.06 bits per heavy atom. The van der Waals surface area contributed by atoms with E-state index in [9.17, 15) is 22.8 Å². The summed E-state index contributed by atoms with van der Waals surface area (Å²) >= 11 is 0. The highest BCUT2D eigenvalue weighted by Gasteiger charge is 2.54. The molecule has 0 radical (unpaired) electrons. The van der Waals surface area contributed by atoms with E-state index in [1.807, 2.05) is 0 Å². The molecular weight excluding hydrogens is 407 g/mol. The van der Waals surface area contributed by atoms with E-state index in [1.54, 1.807) is 19.0 Å². The number of carbonyl (C=O) groups is 2. The molecule has 5 nitrogen and oxygen atoms in total. The highest BCUT2D eigenvalue weighted by Crippen LogP contribution is 2.60. The number of nitrogens with zero attached hydrogens (tertiary/aromatic N) is 1. The molecule has 0 heterocycles. The number of halogens is 3. The van der Waals surface area contributed by atoms with Gasteiger partial charge in [0.05, 0.1) is 16.9 Å². The molecule has 4 bridgehead atoms. The number of alkyl halides is 3. The molecule has 170 valence electrons. The lowest BCUT2D eigenvalue weighted by Crippen LogP contribution is -2.53. The molecule has 4 aliphatic carbocycles. The minimum Gasteiger partial charge on any atom is -0.376 e. The van der Waals surface area contributed by atoms with Crippen LogP contribution in [0, 0.1) is 23.2 Å². The van der Waals surface area contributed by atoms with Crippen LogP contribution in [0.25, 0.3) is 0 Å². The molecule has 0 aromatic heterocycles. The van der Waals surface area contributed by atoms with Crippen LogP contribution in [-0.4, -0.2) is 32.5 Å². The van der Waals surface area contributed by atoms with Crippen molar-refractivity contribution in [1.29, 1.82) is 0 Å². The minimum absolute atomic E-state index is 0.0151. The molecule has 1 aromatic carbocycles. The van der Waals surface area contributed by atoms with Crippen molar-refractivity contribution in [3.05, 3.63) is 23.8 Å². The lowest BCUT2D eigenvalue weighted by atomic mass is 9.49. The molecule has 2 N–H and O–H groups in total. The van der Waals surface area contributed by atoms with Gasteiger partial charge in [-0.05, 0) is 74.5 Å². The summed E-state index contributed by atoms with van der Waals surface area (Å²) < 4.78 is 39.2. The summed E-state index contributed by atoms with van der Waals surface area (Å²) in [6, 6.07) is 3.28. The monoisotopic (exact) mass is 437 g/mol. The second-order valence-electron chi connectivity index (χ2n) is 9.88. The van der Waals surface area contributed by atoms with Gasteiger partial charge in [0.1, 0.15) is 0 Å². The van der Waals surface area contributed by atoms with Crippen molar-refractivity contribution in [1.82, 2.24) is 5.32 Å². The quantitative estimate of drug-likeness (QED) is 0.692. The summed E-state index contributed by atoms with van der Waals surface area (Å²) in [7, 11) is 3.40. The molecule has 0 spiro atoms. The van der Waals surface area contributed by atoms with Gasteiger partial charge in [-0.3, -0.25) is 9.59 Å². The maximum absolute atomic E-state index is 13.1. The van der Waals surface area contributed by atoms with E-state index in [-0.39, 0.29) is 30.0 Å². The molecule has 1 aromatic rings. The van der Waals surface area contributed by atoms with Crippen LogP contribution in [0.3, 0.4) is 0 Å². The SMILES string of the molecule is CN(C)c1ccc(C(F)(F)F)cc1NC(=O)CCNC(=O)C12CC3CC(CC(C3)C1)C2. The first-order chi connectivity index (χ1) is 14.6. The van der Waals surface area contributed by atoms with Crippen molar-refractivity contribution < 1.29 is 22.8 Å². The zero-order valence-corrected chi connectivity index (χ0v) is 18.0. The number of hydrogen-bond donors (Lipinski definition) is 2. The Morgan fingerprint density at radius 2 is 1.65 bits per heavy atom. The fraction of sp³-hybridized carbons (Fsp3) is 0.652. The normalized spacial score (nSPS) is 29.0. The topological polar surface area (TPSA) is 61.4 Å². The minimum atomic E-state index is -4.49. The largest absolute Gasteiger partial charge is 0.416 e. The third kappa shape index (κ3) is 4.53. The molecule has 8 heteroatoms. The Kier molecular flexibility index (Phi) is 5.68. The number of nitrogens with one attached hydrogen (secondary N) is 2. The van der Waals surface area contributed by atoms with Gasteiger partial charge in [-0.1, -0.05) is 0 Å². The first-order valence-corrected chi connectivity index (χ1v) is 11.0. The predicted molar refractivity (Wildman–Crippen MR) is 113 cm³/mol. The number of benzene rings is 1. The molecule has 4 aliphatic rings. The zero-order valence-electron chi connectivity index (χ0n) is 18.0. The summed E-state index contributed by atoms with van der Waals surface area (Å²) in [5.74, 6) is 1.60. The molecule has 0 aliphatic heterocycles. The van der Waals surface area contributed by atoms with E-state index in [2.05, 4.69) is 10.6 Å². The second kappa shape index (κ2) is 8.02. The number of amides is 2. The fourth-order valence-electron chi connectivity index (χ4n) is 6.28. The molecule has 2 amide bonds. The summed E-state index contributed by atoms with van der Waals surface area (Å²) in [5, 5.41) is 5.52. The summed E-state index contributed by atoms with van der Waals surface area (Å²) in [6.45, 7) is 0.183. The van der Waals surface area contributed by atoms with Crippen molar-refractivity contribution in [2.45, 2.75) is 51.1 Å². The molecule has 5 rings (SSSR count). The average molecular weight is 438 g/mol. The highest BCUT2D eigenvalue weighted by atomic mass is 19.4. The van der Waals surface area contributed by atoms with Gasteiger partial charge < -0.3 is 15.5 Å². The fourth-order valence-corrected chi connectivity index (χ4v) is 6.28. The molecule has 31 heavy (non-hydrogen) atoms. The third-order valence-electron chi connectivity index (χ3n) is 7.24.